The van der Waals surface area contributed by atoms with Crippen LogP contribution in [0.3, 0.4) is 0 Å². The summed E-state index contributed by atoms with van der Waals surface area (Å²) in [4.78, 5) is 28.8. The first-order valence-electron chi connectivity index (χ1n) is 8.24. The zero-order valence-corrected chi connectivity index (χ0v) is 13.0. The Morgan fingerprint density at radius 1 is 1.19 bits per heavy atom. The third-order valence-corrected chi connectivity index (χ3v) is 5.60. The molecule has 0 bridgehead atoms. The molecule has 0 aromatic rings. The monoisotopic (exact) mass is 294 g/mol. The Hall–Kier alpha value is -1.10. The lowest BCUT2D eigenvalue weighted by Gasteiger charge is -2.29. The van der Waals surface area contributed by atoms with Gasteiger partial charge in [-0.05, 0) is 38.0 Å². The lowest BCUT2D eigenvalue weighted by atomic mass is 9.81. The van der Waals surface area contributed by atoms with Gasteiger partial charge in [0, 0.05) is 26.2 Å². The Morgan fingerprint density at radius 3 is 2.67 bits per heavy atom. The summed E-state index contributed by atoms with van der Waals surface area (Å²) in [6.07, 6.45) is 6.60. The summed E-state index contributed by atoms with van der Waals surface area (Å²) in [6.45, 7) is 3.84. The number of methoxy groups -OCH3 is 1. The molecule has 0 aromatic carbocycles. The molecular formula is C16H26N2O3. The second-order valence-electron chi connectivity index (χ2n) is 6.85. The SMILES string of the molecule is COC(=O)[C@@]12CCC[C@@H]1CN(CC(=O)N1CCCCC1)C2. The first-order valence-corrected chi connectivity index (χ1v) is 8.24. The molecule has 2 aliphatic heterocycles. The molecular weight excluding hydrogens is 268 g/mol. The zero-order valence-electron chi connectivity index (χ0n) is 13.0. The molecule has 0 N–H and O–H groups in total. The van der Waals surface area contributed by atoms with Gasteiger partial charge in [-0.2, -0.15) is 0 Å². The fourth-order valence-corrected chi connectivity index (χ4v) is 4.49. The predicted molar refractivity (Wildman–Crippen MR) is 78.7 cm³/mol. The van der Waals surface area contributed by atoms with E-state index in [0.717, 1.165) is 51.7 Å². The molecule has 0 spiro atoms. The van der Waals surface area contributed by atoms with Gasteiger partial charge in [-0.3, -0.25) is 14.5 Å². The average Bonchev–Trinajstić information content (AvgIpc) is 3.04. The van der Waals surface area contributed by atoms with Gasteiger partial charge in [-0.1, -0.05) is 6.42 Å². The van der Waals surface area contributed by atoms with Gasteiger partial charge in [0.15, 0.2) is 0 Å². The van der Waals surface area contributed by atoms with Crippen molar-refractivity contribution in [3.05, 3.63) is 0 Å². The number of hydrogen-bond acceptors (Lipinski definition) is 4. The number of carbonyl (C=O) groups is 2. The van der Waals surface area contributed by atoms with Crippen molar-refractivity contribution in [2.24, 2.45) is 11.3 Å². The molecule has 2 heterocycles. The van der Waals surface area contributed by atoms with Gasteiger partial charge >= 0.3 is 5.97 Å². The van der Waals surface area contributed by atoms with Crippen molar-refractivity contribution >= 4 is 11.9 Å². The van der Waals surface area contributed by atoms with Crippen LogP contribution in [-0.4, -0.2) is 61.5 Å². The Balaban J connectivity index is 1.61. The number of carbonyl (C=O) groups excluding carboxylic acids is 2. The summed E-state index contributed by atoms with van der Waals surface area (Å²) in [5.74, 6) is 0.534. The van der Waals surface area contributed by atoms with Gasteiger partial charge < -0.3 is 9.64 Å². The molecule has 3 rings (SSSR count). The number of fused-ring (bicyclic) bond motifs is 1. The minimum Gasteiger partial charge on any atom is -0.469 e. The summed E-state index contributed by atoms with van der Waals surface area (Å²) in [7, 11) is 1.48. The minimum atomic E-state index is -0.336. The van der Waals surface area contributed by atoms with Crippen molar-refractivity contribution in [3.63, 3.8) is 0 Å². The summed E-state index contributed by atoms with van der Waals surface area (Å²) in [5, 5.41) is 0. The highest BCUT2D eigenvalue weighted by Gasteiger charge is 2.55. The van der Waals surface area contributed by atoms with E-state index in [1.54, 1.807) is 0 Å². The molecule has 3 fully saturated rings. The fourth-order valence-electron chi connectivity index (χ4n) is 4.49. The third kappa shape index (κ3) is 2.68. The molecule has 0 radical (unpaired) electrons. The molecule has 5 nitrogen and oxygen atoms in total. The van der Waals surface area contributed by atoms with Gasteiger partial charge in [0.1, 0.15) is 0 Å². The average molecular weight is 294 g/mol. The second-order valence-corrected chi connectivity index (χ2v) is 6.85. The van der Waals surface area contributed by atoms with E-state index in [4.69, 9.17) is 4.74 Å². The maximum Gasteiger partial charge on any atom is 0.313 e. The molecule has 3 aliphatic rings. The lowest BCUT2D eigenvalue weighted by molar-refractivity contribution is -0.153. The largest absolute Gasteiger partial charge is 0.469 e. The van der Waals surface area contributed by atoms with Crippen molar-refractivity contribution in [1.29, 1.82) is 0 Å². The van der Waals surface area contributed by atoms with Gasteiger partial charge in [0.05, 0.1) is 19.1 Å². The Morgan fingerprint density at radius 2 is 1.95 bits per heavy atom. The molecule has 0 aromatic heterocycles. The molecule has 1 amide bonds. The Kier molecular flexibility index (Phi) is 4.20. The van der Waals surface area contributed by atoms with Gasteiger partial charge in [-0.15, -0.1) is 0 Å². The minimum absolute atomic E-state index is 0.0714. The highest BCUT2D eigenvalue weighted by molar-refractivity contribution is 5.80. The van der Waals surface area contributed by atoms with Crippen LogP contribution in [0.2, 0.25) is 0 Å². The molecule has 118 valence electrons. The van der Waals surface area contributed by atoms with Crippen molar-refractivity contribution in [2.45, 2.75) is 38.5 Å². The summed E-state index contributed by atoms with van der Waals surface area (Å²) >= 11 is 0. The van der Waals surface area contributed by atoms with E-state index in [2.05, 4.69) is 4.90 Å². The number of ether oxygens (including phenoxy) is 1. The Bertz CT molecular complexity index is 420. The molecule has 2 atom stereocenters. The molecule has 1 aliphatic carbocycles. The van der Waals surface area contributed by atoms with E-state index in [0.29, 0.717) is 19.0 Å². The summed E-state index contributed by atoms with van der Waals surface area (Å²) < 4.78 is 5.05. The Labute approximate surface area is 126 Å². The van der Waals surface area contributed by atoms with Crippen LogP contribution >= 0.6 is 0 Å². The molecule has 0 unspecified atom stereocenters. The number of esters is 1. The number of rotatable bonds is 3. The topological polar surface area (TPSA) is 49.9 Å². The predicted octanol–water partition coefficient (Wildman–Crippen LogP) is 1.27. The number of amides is 1. The van der Waals surface area contributed by atoms with E-state index in [-0.39, 0.29) is 17.3 Å². The number of piperidine rings is 1. The summed E-state index contributed by atoms with van der Waals surface area (Å²) in [6, 6.07) is 0. The van der Waals surface area contributed by atoms with Crippen molar-refractivity contribution in [2.75, 3.05) is 39.8 Å². The van der Waals surface area contributed by atoms with Gasteiger partial charge in [0.2, 0.25) is 5.91 Å². The van der Waals surface area contributed by atoms with Crippen LogP contribution < -0.4 is 0 Å². The van der Waals surface area contributed by atoms with Crippen LogP contribution in [0.5, 0.6) is 0 Å². The standard InChI is InChI=1S/C16H26N2O3/c1-21-15(20)16-7-5-6-13(16)10-17(12-16)11-14(19)18-8-3-2-4-9-18/h13H,2-12H2,1H3/t13-,16-/m1/s1. The lowest BCUT2D eigenvalue weighted by Crippen LogP contribution is -2.43. The molecule has 5 heteroatoms. The van der Waals surface area contributed by atoms with Crippen LogP contribution in [0.25, 0.3) is 0 Å². The number of likely N-dealkylation sites (tertiary alicyclic amines) is 2. The van der Waals surface area contributed by atoms with E-state index in [9.17, 15) is 9.59 Å². The van der Waals surface area contributed by atoms with E-state index >= 15 is 0 Å². The van der Waals surface area contributed by atoms with E-state index in [1.165, 1.54) is 13.5 Å². The first kappa shape index (κ1) is 14.8. The number of nitrogens with zero attached hydrogens (tertiary/aromatic N) is 2. The number of hydrogen-bond donors (Lipinski definition) is 0. The summed E-state index contributed by atoms with van der Waals surface area (Å²) in [5.41, 5.74) is -0.336. The van der Waals surface area contributed by atoms with E-state index < -0.39 is 0 Å². The molecule has 1 saturated carbocycles. The molecule has 21 heavy (non-hydrogen) atoms. The normalized spacial score (nSPS) is 33.0. The van der Waals surface area contributed by atoms with Crippen molar-refractivity contribution in [1.82, 2.24) is 9.80 Å². The smallest absolute Gasteiger partial charge is 0.313 e. The van der Waals surface area contributed by atoms with Gasteiger partial charge in [-0.25, -0.2) is 0 Å². The van der Waals surface area contributed by atoms with Crippen molar-refractivity contribution < 1.29 is 14.3 Å². The van der Waals surface area contributed by atoms with Crippen molar-refractivity contribution in [3.8, 4) is 0 Å². The van der Waals surface area contributed by atoms with Crippen LogP contribution in [-0.2, 0) is 14.3 Å². The fraction of sp³-hybridized carbons (Fsp3) is 0.875. The maximum atomic E-state index is 12.4. The second kappa shape index (κ2) is 5.95. The van der Waals surface area contributed by atoms with E-state index in [1.807, 2.05) is 4.90 Å². The molecule has 2 saturated heterocycles. The zero-order chi connectivity index (χ0) is 14.9. The highest BCUT2D eigenvalue weighted by Crippen LogP contribution is 2.49. The van der Waals surface area contributed by atoms with Crippen LogP contribution in [0, 0.1) is 11.3 Å². The van der Waals surface area contributed by atoms with Crippen LogP contribution in [0.4, 0.5) is 0 Å². The highest BCUT2D eigenvalue weighted by atomic mass is 16.5. The quantitative estimate of drug-likeness (QED) is 0.736. The maximum absolute atomic E-state index is 12.4. The first-order chi connectivity index (χ1) is 10.2. The van der Waals surface area contributed by atoms with Gasteiger partial charge in [0.25, 0.3) is 0 Å². The third-order valence-electron chi connectivity index (χ3n) is 5.60. The van der Waals surface area contributed by atoms with Crippen LogP contribution in [0.15, 0.2) is 0 Å². The van der Waals surface area contributed by atoms with Crippen LogP contribution in [0.1, 0.15) is 38.5 Å².